The number of fused-ring (bicyclic) bond motifs is 3. The van der Waals surface area contributed by atoms with Crippen molar-refractivity contribution in [3.63, 3.8) is 0 Å². The number of aromatic nitrogens is 3. The third-order valence-electron chi connectivity index (χ3n) is 8.33. The maximum atomic E-state index is 14.3. The van der Waals surface area contributed by atoms with E-state index < -0.39 is 5.82 Å². The van der Waals surface area contributed by atoms with Crippen molar-refractivity contribution in [3.05, 3.63) is 57.8 Å². The van der Waals surface area contributed by atoms with Crippen LogP contribution in [-0.4, -0.2) is 68.8 Å². The Bertz CT molecular complexity index is 1370. The Labute approximate surface area is 222 Å². The van der Waals surface area contributed by atoms with Crippen LogP contribution in [0.15, 0.2) is 18.2 Å². The standard InChI is InChI=1S/C29H36FN5O3/c1-4-5-23-18(2)31-28-25-16-34(17-26(25)32-35(28)19(23)3)29(36)24-7-6-20(30)14-27(24)38-22-8-11-33(15-22)21-9-12-37-13-10-21/h6-7,14,21-22H,4-5,8-13,15-17H2,1-3H3/t22-/m0/s1. The molecule has 1 atom stereocenters. The molecule has 2 saturated heterocycles. The fraction of sp³-hybridized carbons (Fsp3) is 0.552. The Kier molecular flexibility index (Phi) is 6.82. The van der Waals surface area contributed by atoms with Gasteiger partial charge in [-0.05, 0) is 57.2 Å². The summed E-state index contributed by atoms with van der Waals surface area (Å²) in [5.41, 5.74) is 6.44. The number of benzene rings is 1. The zero-order valence-electron chi connectivity index (χ0n) is 22.5. The summed E-state index contributed by atoms with van der Waals surface area (Å²) in [6.07, 6.45) is 4.87. The Hall–Kier alpha value is -3.04. The number of rotatable bonds is 6. The first-order chi connectivity index (χ1) is 18.4. The second-order valence-electron chi connectivity index (χ2n) is 10.8. The molecule has 0 aliphatic carbocycles. The fourth-order valence-corrected chi connectivity index (χ4v) is 6.27. The largest absolute Gasteiger partial charge is 0.488 e. The van der Waals surface area contributed by atoms with Crippen LogP contribution < -0.4 is 4.74 Å². The summed E-state index contributed by atoms with van der Waals surface area (Å²) in [7, 11) is 0. The van der Waals surface area contributed by atoms with Gasteiger partial charge in [0.25, 0.3) is 5.91 Å². The molecular formula is C29H36FN5O3. The van der Waals surface area contributed by atoms with E-state index in [0.29, 0.717) is 30.4 Å². The van der Waals surface area contributed by atoms with Crippen molar-refractivity contribution in [1.29, 1.82) is 0 Å². The molecule has 38 heavy (non-hydrogen) atoms. The highest BCUT2D eigenvalue weighted by Crippen LogP contribution is 2.32. The van der Waals surface area contributed by atoms with Gasteiger partial charge in [0.05, 0.1) is 24.3 Å². The highest BCUT2D eigenvalue weighted by Gasteiger charge is 2.34. The lowest BCUT2D eigenvalue weighted by Gasteiger charge is -2.30. The van der Waals surface area contributed by atoms with Crippen molar-refractivity contribution >= 4 is 11.6 Å². The van der Waals surface area contributed by atoms with E-state index in [4.69, 9.17) is 19.6 Å². The Balaban J connectivity index is 1.20. The maximum Gasteiger partial charge on any atom is 0.258 e. The number of amides is 1. The minimum atomic E-state index is -0.406. The molecule has 0 spiro atoms. The van der Waals surface area contributed by atoms with Crippen molar-refractivity contribution < 1.29 is 18.7 Å². The average Bonchev–Trinajstić information content (AvgIpc) is 3.63. The van der Waals surface area contributed by atoms with Crippen LogP contribution in [0.2, 0.25) is 0 Å². The van der Waals surface area contributed by atoms with Gasteiger partial charge in [0.15, 0.2) is 5.65 Å². The highest BCUT2D eigenvalue weighted by molar-refractivity contribution is 5.97. The number of carbonyl (C=O) groups is 1. The molecule has 3 aliphatic rings. The van der Waals surface area contributed by atoms with E-state index >= 15 is 0 Å². The van der Waals surface area contributed by atoms with Gasteiger partial charge in [-0.3, -0.25) is 9.69 Å². The SMILES string of the molecule is CCCc1c(C)nc2c3c(nn2c1C)CN(C(=O)c1ccc(F)cc1O[C@H]1CCN(C2CCOCC2)C1)C3. The Morgan fingerprint density at radius 3 is 2.79 bits per heavy atom. The van der Waals surface area contributed by atoms with Gasteiger partial charge < -0.3 is 14.4 Å². The zero-order chi connectivity index (χ0) is 26.4. The second kappa shape index (κ2) is 10.3. The minimum absolute atomic E-state index is 0.0707. The van der Waals surface area contributed by atoms with Gasteiger partial charge in [-0.15, -0.1) is 0 Å². The minimum Gasteiger partial charge on any atom is -0.488 e. The summed E-state index contributed by atoms with van der Waals surface area (Å²) in [5.74, 6) is -0.260. The average molecular weight is 522 g/mol. The molecule has 2 fully saturated rings. The normalized spacial score (nSPS) is 20.4. The van der Waals surface area contributed by atoms with Gasteiger partial charge in [-0.2, -0.15) is 5.10 Å². The van der Waals surface area contributed by atoms with Gasteiger partial charge in [-0.1, -0.05) is 13.3 Å². The first-order valence-electron chi connectivity index (χ1n) is 13.9. The lowest BCUT2D eigenvalue weighted by Crippen LogP contribution is -2.38. The Morgan fingerprint density at radius 1 is 1.18 bits per heavy atom. The van der Waals surface area contributed by atoms with Crippen LogP contribution in [0, 0.1) is 19.7 Å². The number of aryl methyl sites for hydroxylation is 2. The summed E-state index contributed by atoms with van der Waals surface area (Å²) in [6, 6.07) is 4.73. The molecule has 0 N–H and O–H groups in total. The summed E-state index contributed by atoms with van der Waals surface area (Å²) in [5, 5.41) is 4.83. The molecule has 202 valence electrons. The van der Waals surface area contributed by atoms with Crippen molar-refractivity contribution in [2.45, 2.75) is 78.1 Å². The second-order valence-corrected chi connectivity index (χ2v) is 10.8. The van der Waals surface area contributed by atoms with Crippen molar-refractivity contribution in [2.75, 3.05) is 26.3 Å². The van der Waals surface area contributed by atoms with Crippen LogP contribution in [0.25, 0.3) is 5.65 Å². The topological polar surface area (TPSA) is 72.2 Å². The van der Waals surface area contributed by atoms with Crippen molar-refractivity contribution in [3.8, 4) is 5.75 Å². The number of halogens is 1. The number of carbonyl (C=O) groups excluding carboxylic acids is 1. The maximum absolute atomic E-state index is 14.3. The molecule has 0 unspecified atom stereocenters. The molecule has 0 saturated carbocycles. The molecular weight excluding hydrogens is 485 g/mol. The fourth-order valence-electron chi connectivity index (χ4n) is 6.27. The summed E-state index contributed by atoms with van der Waals surface area (Å²) >= 11 is 0. The van der Waals surface area contributed by atoms with E-state index in [9.17, 15) is 9.18 Å². The van der Waals surface area contributed by atoms with Crippen LogP contribution >= 0.6 is 0 Å². The van der Waals surface area contributed by atoms with Gasteiger partial charge in [0, 0.05) is 55.4 Å². The van der Waals surface area contributed by atoms with E-state index in [-0.39, 0.29) is 12.0 Å². The lowest BCUT2D eigenvalue weighted by molar-refractivity contribution is 0.0386. The van der Waals surface area contributed by atoms with Gasteiger partial charge in [0.1, 0.15) is 17.7 Å². The molecule has 3 aromatic rings. The predicted molar refractivity (Wildman–Crippen MR) is 141 cm³/mol. The molecule has 9 heteroatoms. The number of nitrogens with zero attached hydrogens (tertiary/aromatic N) is 5. The van der Waals surface area contributed by atoms with Crippen LogP contribution in [-0.2, 0) is 24.2 Å². The quantitative estimate of drug-likeness (QED) is 0.484. The van der Waals surface area contributed by atoms with Crippen molar-refractivity contribution in [2.24, 2.45) is 0 Å². The number of likely N-dealkylation sites (tertiary alicyclic amines) is 1. The van der Waals surface area contributed by atoms with Crippen LogP contribution in [0.3, 0.4) is 0 Å². The Morgan fingerprint density at radius 2 is 2.00 bits per heavy atom. The monoisotopic (exact) mass is 521 g/mol. The zero-order valence-corrected chi connectivity index (χ0v) is 22.5. The van der Waals surface area contributed by atoms with Gasteiger partial charge in [0.2, 0.25) is 0 Å². The molecule has 0 bridgehead atoms. The van der Waals surface area contributed by atoms with Gasteiger partial charge in [-0.25, -0.2) is 13.9 Å². The molecule has 1 aromatic carbocycles. The predicted octanol–water partition coefficient (Wildman–Crippen LogP) is 4.23. The van der Waals surface area contributed by atoms with E-state index in [1.165, 1.54) is 17.7 Å². The van der Waals surface area contributed by atoms with Crippen LogP contribution in [0.1, 0.15) is 71.2 Å². The van der Waals surface area contributed by atoms with Crippen molar-refractivity contribution in [1.82, 2.24) is 24.4 Å². The van der Waals surface area contributed by atoms with E-state index in [2.05, 4.69) is 18.7 Å². The van der Waals surface area contributed by atoms with E-state index in [0.717, 1.165) is 86.7 Å². The molecule has 0 radical (unpaired) electrons. The summed E-state index contributed by atoms with van der Waals surface area (Å²) in [6.45, 7) is 10.4. The molecule has 6 rings (SSSR count). The van der Waals surface area contributed by atoms with E-state index in [1.807, 2.05) is 11.4 Å². The lowest BCUT2D eigenvalue weighted by atomic mass is 10.1. The number of hydrogen-bond donors (Lipinski definition) is 0. The smallest absolute Gasteiger partial charge is 0.258 e. The van der Waals surface area contributed by atoms with Gasteiger partial charge >= 0.3 is 0 Å². The first-order valence-corrected chi connectivity index (χ1v) is 13.9. The third kappa shape index (κ3) is 4.56. The molecule has 5 heterocycles. The molecule has 3 aliphatic heterocycles. The molecule has 2 aromatic heterocycles. The summed E-state index contributed by atoms with van der Waals surface area (Å²) in [4.78, 5) is 22.8. The number of hydrogen-bond acceptors (Lipinski definition) is 6. The third-order valence-corrected chi connectivity index (χ3v) is 8.33. The molecule has 8 nitrogen and oxygen atoms in total. The van der Waals surface area contributed by atoms with E-state index in [1.54, 1.807) is 11.0 Å². The highest BCUT2D eigenvalue weighted by atomic mass is 19.1. The van der Waals surface area contributed by atoms with Crippen LogP contribution in [0.4, 0.5) is 4.39 Å². The summed E-state index contributed by atoms with van der Waals surface area (Å²) < 4.78 is 28.0. The number of ether oxygens (including phenoxy) is 2. The molecule has 1 amide bonds. The first kappa shape index (κ1) is 25.2. The van der Waals surface area contributed by atoms with Crippen LogP contribution in [0.5, 0.6) is 5.75 Å².